The van der Waals surface area contributed by atoms with E-state index >= 15 is 0 Å². The van der Waals surface area contributed by atoms with Gasteiger partial charge in [0.1, 0.15) is 18.7 Å². The van der Waals surface area contributed by atoms with Gasteiger partial charge in [0, 0.05) is 5.69 Å². The molecular formula is C17H18N4O2. The average Bonchev–Trinajstić information content (AvgIpc) is 2.98. The molecule has 1 heterocycles. The van der Waals surface area contributed by atoms with Crippen LogP contribution in [0.2, 0.25) is 0 Å². The van der Waals surface area contributed by atoms with Crippen molar-refractivity contribution >= 4 is 22.7 Å². The third kappa shape index (κ3) is 3.48. The number of fused-ring (bicyclic) bond motifs is 1. The zero-order valence-electron chi connectivity index (χ0n) is 12.9. The fourth-order valence-electron chi connectivity index (χ4n) is 2.41. The Hall–Kier alpha value is -2.89. The van der Waals surface area contributed by atoms with Gasteiger partial charge in [0.2, 0.25) is 0 Å². The molecule has 0 radical (unpaired) electrons. The predicted molar refractivity (Wildman–Crippen MR) is 87.9 cm³/mol. The van der Waals surface area contributed by atoms with Crippen LogP contribution in [0.5, 0.6) is 0 Å². The lowest BCUT2D eigenvalue weighted by Gasteiger charge is -2.23. The molecule has 6 heteroatoms. The van der Waals surface area contributed by atoms with Crippen LogP contribution in [0.25, 0.3) is 11.0 Å². The Bertz CT molecular complexity index is 785. The van der Waals surface area contributed by atoms with E-state index in [0.29, 0.717) is 13.3 Å². The average molecular weight is 310 g/mol. The van der Waals surface area contributed by atoms with Crippen molar-refractivity contribution in [3.8, 4) is 0 Å². The first-order chi connectivity index (χ1) is 11.3. The van der Waals surface area contributed by atoms with Gasteiger partial charge in [-0.25, -0.2) is 4.68 Å². The largest absolute Gasteiger partial charge is 0.465 e. The van der Waals surface area contributed by atoms with Crippen molar-refractivity contribution in [1.29, 1.82) is 0 Å². The molecule has 0 fully saturated rings. The van der Waals surface area contributed by atoms with Crippen LogP contribution in [0.3, 0.4) is 0 Å². The molecule has 0 spiro atoms. The summed E-state index contributed by atoms with van der Waals surface area (Å²) in [4.78, 5) is 13.8. The SMILES string of the molecule is CCOC(=O)CN(Cn1nnc2ccccc21)c1ccccc1. The Labute approximate surface area is 134 Å². The van der Waals surface area contributed by atoms with Gasteiger partial charge in [-0.1, -0.05) is 35.5 Å². The minimum Gasteiger partial charge on any atom is -0.465 e. The molecule has 0 aliphatic heterocycles. The van der Waals surface area contributed by atoms with Gasteiger partial charge in [-0.05, 0) is 31.2 Å². The maximum Gasteiger partial charge on any atom is 0.325 e. The molecule has 118 valence electrons. The third-order valence-corrected chi connectivity index (χ3v) is 3.47. The molecule has 0 saturated heterocycles. The first kappa shape index (κ1) is 15.0. The molecule has 0 aliphatic rings. The number of para-hydroxylation sites is 2. The lowest BCUT2D eigenvalue weighted by molar-refractivity contribution is -0.141. The normalized spacial score (nSPS) is 10.7. The summed E-state index contributed by atoms with van der Waals surface area (Å²) in [5.41, 5.74) is 2.69. The van der Waals surface area contributed by atoms with Gasteiger partial charge in [0.05, 0.1) is 12.1 Å². The summed E-state index contributed by atoms with van der Waals surface area (Å²) in [6, 6.07) is 17.5. The molecule has 0 saturated carbocycles. The standard InChI is InChI=1S/C17H18N4O2/c1-2-23-17(22)12-20(14-8-4-3-5-9-14)13-21-16-11-7-6-10-15(16)18-19-21/h3-11H,2,12-13H2,1H3. The number of aromatic nitrogens is 3. The van der Waals surface area contributed by atoms with Gasteiger partial charge in [-0.15, -0.1) is 5.10 Å². The maximum atomic E-state index is 11.9. The van der Waals surface area contributed by atoms with Crippen molar-refractivity contribution in [3.63, 3.8) is 0 Å². The van der Waals surface area contributed by atoms with Crippen LogP contribution in [-0.2, 0) is 16.2 Å². The number of ether oxygens (including phenoxy) is 1. The number of benzene rings is 2. The van der Waals surface area contributed by atoms with Gasteiger partial charge in [-0.2, -0.15) is 0 Å². The van der Waals surface area contributed by atoms with Crippen molar-refractivity contribution in [1.82, 2.24) is 15.0 Å². The van der Waals surface area contributed by atoms with E-state index in [1.165, 1.54) is 0 Å². The highest BCUT2D eigenvalue weighted by atomic mass is 16.5. The first-order valence-corrected chi connectivity index (χ1v) is 7.52. The van der Waals surface area contributed by atoms with E-state index in [0.717, 1.165) is 16.7 Å². The van der Waals surface area contributed by atoms with Crippen molar-refractivity contribution in [2.75, 3.05) is 18.1 Å². The van der Waals surface area contributed by atoms with Crippen LogP contribution in [-0.4, -0.2) is 34.1 Å². The van der Waals surface area contributed by atoms with Crippen molar-refractivity contribution in [2.24, 2.45) is 0 Å². The minimum absolute atomic E-state index is 0.159. The van der Waals surface area contributed by atoms with Crippen LogP contribution in [0, 0.1) is 0 Å². The number of carbonyl (C=O) groups is 1. The van der Waals surface area contributed by atoms with Crippen molar-refractivity contribution < 1.29 is 9.53 Å². The molecule has 3 aromatic rings. The van der Waals surface area contributed by atoms with Crippen LogP contribution in [0.1, 0.15) is 6.92 Å². The van der Waals surface area contributed by atoms with E-state index in [9.17, 15) is 4.79 Å². The molecule has 6 nitrogen and oxygen atoms in total. The van der Waals surface area contributed by atoms with E-state index in [1.54, 1.807) is 11.6 Å². The number of esters is 1. The van der Waals surface area contributed by atoms with Crippen molar-refractivity contribution in [2.45, 2.75) is 13.6 Å². The highest BCUT2D eigenvalue weighted by Crippen LogP contribution is 2.16. The first-order valence-electron chi connectivity index (χ1n) is 7.52. The second kappa shape index (κ2) is 6.91. The number of carbonyl (C=O) groups excluding carboxylic acids is 1. The van der Waals surface area contributed by atoms with Crippen LogP contribution < -0.4 is 4.90 Å². The van der Waals surface area contributed by atoms with E-state index < -0.39 is 0 Å². The van der Waals surface area contributed by atoms with Gasteiger partial charge < -0.3 is 9.64 Å². The van der Waals surface area contributed by atoms with Gasteiger partial charge in [-0.3, -0.25) is 4.79 Å². The molecule has 0 atom stereocenters. The Morgan fingerprint density at radius 2 is 1.87 bits per heavy atom. The topological polar surface area (TPSA) is 60.2 Å². The van der Waals surface area contributed by atoms with Crippen LogP contribution in [0.15, 0.2) is 54.6 Å². The van der Waals surface area contributed by atoms with Gasteiger partial charge in [0.25, 0.3) is 0 Å². The monoisotopic (exact) mass is 310 g/mol. The third-order valence-electron chi connectivity index (χ3n) is 3.47. The second-order valence-electron chi connectivity index (χ2n) is 5.06. The maximum absolute atomic E-state index is 11.9. The zero-order chi connectivity index (χ0) is 16.1. The zero-order valence-corrected chi connectivity index (χ0v) is 12.9. The van der Waals surface area contributed by atoms with E-state index in [-0.39, 0.29) is 12.5 Å². The predicted octanol–water partition coefficient (Wildman–Crippen LogP) is 2.46. The summed E-state index contributed by atoms with van der Waals surface area (Å²) < 4.78 is 6.85. The van der Waals surface area contributed by atoms with E-state index in [2.05, 4.69) is 10.3 Å². The lowest BCUT2D eigenvalue weighted by atomic mass is 10.3. The fraction of sp³-hybridized carbons (Fsp3) is 0.235. The second-order valence-corrected chi connectivity index (χ2v) is 5.06. The Kier molecular flexibility index (Phi) is 4.52. The molecular weight excluding hydrogens is 292 g/mol. The molecule has 3 rings (SSSR count). The van der Waals surface area contributed by atoms with Gasteiger partial charge in [0.15, 0.2) is 0 Å². The lowest BCUT2D eigenvalue weighted by Crippen LogP contribution is -2.33. The molecule has 0 N–H and O–H groups in total. The Morgan fingerprint density at radius 1 is 1.13 bits per heavy atom. The van der Waals surface area contributed by atoms with Crippen LogP contribution in [0.4, 0.5) is 5.69 Å². The molecule has 2 aromatic carbocycles. The smallest absolute Gasteiger partial charge is 0.325 e. The van der Waals surface area contributed by atoms with E-state index in [1.807, 2.05) is 59.5 Å². The number of hydrogen-bond acceptors (Lipinski definition) is 5. The number of hydrogen-bond donors (Lipinski definition) is 0. The van der Waals surface area contributed by atoms with Gasteiger partial charge >= 0.3 is 5.97 Å². The molecule has 0 aliphatic carbocycles. The summed E-state index contributed by atoms with van der Waals surface area (Å²) in [6.45, 7) is 2.75. The molecule has 23 heavy (non-hydrogen) atoms. The number of anilines is 1. The Morgan fingerprint density at radius 3 is 2.65 bits per heavy atom. The van der Waals surface area contributed by atoms with E-state index in [4.69, 9.17) is 4.74 Å². The molecule has 0 unspecified atom stereocenters. The summed E-state index contributed by atoms with van der Waals surface area (Å²) in [6.07, 6.45) is 0. The number of nitrogens with zero attached hydrogens (tertiary/aromatic N) is 4. The fourth-order valence-corrected chi connectivity index (χ4v) is 2.41. The highest BCUT2D eigenvalue weighted by Gasteiger charge is 2.14. The summed E-state index contributed by atoms with van der Waals surface area (Å²) in [7, 11) is 0. The summed E-state index contributed by atoms with van der Waals surface area (Å²) in [5, 5.41) is 8.34. The molecule has 1 aromatic heterocycles. The molecule has 0 amide bonds. The quantitative estimate of drug-likeness (QED) is 0.655. The van der Waals surface area contributed by atoms with Crippen LogP contribution >= 0.6 is 0 Å². The highest BCUT2D eigenvalue weighted by molar-refractivity contribution is 5.76. The number of rotatable bonds is 6. The summed E-state index contributed by atoms with van der Waals surface area (Å²) >= 11 is 0. The minimum atomic E-state index is -0.263. The molecule has 0 bridgehead atoms. The summed E-state index contributed by atoms with van der Waals surface area (Å²) in [5.74, 6) is -0.263. The Balaban J connectivity index is 1.87. The van der Waals surface area contributed by atoms with Crippen molar-refractivity contribution in [3.05, 3.63) is 54.6 Å².